The van der Waals surface area contributed by atoms with Gasteiger partial charge in [0.25, 0.3) is 0 Å². The molecule has 3 rings (SSSR count). The molecule has 1 aliphatic rings. The first-order valence-electron chi connectivity index (χ1n) is 7.67. The van der Waals surface area contributed by atoms with Crippen molar-refractivity contribution in [1.82, 2.24) is 14.8 Å². The SMILES string of the molecule is CC1CN(C(CN)c2cncc3ccccc23)CCN1C. The minimum atomic E-state index is 0.250. The second kappa shape index (κ2) is 6.10. The Bertz CT molecular complexity index is 607. The van der Waals surface area contributed by atoms with Gasteiger partial charge in [0.2, 0.25) is 0 Å². The number of hydrogen-bond acceptors (Lipinski definition) is 4. The molecule has 0 bridgehead atoms. The van der Waals surface area contributed by atoms with Gasteiger partial charge in [-0.15, -0.1) is 0 Å². The van der Waals surface area contributed by atoms with Gasteiger partial charge in [0, 0.05) is 56.0 Å². The molecule has 0 aliphatic carbocycles. The van der Waals surface area contributed by atoms with E-state index in [0.29, 0.717) is 12.6 Å². The molecule has 1 aromatic heterocycles. The maximum absolute atomic E-state index is 6.12. The van der Waals surface area contributed by atoms with Crippen molar-refractivity contribution < 1.29 is 0 Å². The van der Waals surface area contributed by atoms with Gasteiger partial charge >= 0.3 is 0 Å². The van der Waals surface area contributed by atoms with Crippen molar-refractivity contribution >= 4 is 10.8 Å². The van der Waals surface area contributed by atoms with Crippen LogP contribution < -0.4 is 5.73 Å². The molecule has 2 atom stereocenters. The van der Waals surface area contributed by atoms with E-state index in [2.05, 4.69) is 53.0 Å². The first-order chi connectivity index (χ1) is 10.2. The van der Waals surface area contributed by atoms with Crippen LogP contribution in [-0.4, -0.2) is 54.1 Å². The topological polar surface area (TPSA) is 45.4 Å². The van der Waals surface area contributed by atoms with E-state index in [-0.39, 0.29) is 6.04 Å². The molecule has 1 saturated heterocycles. The predicted molar refractivity (Wildman–Crippen MR) is 87.2 cm³/mol. The molecule has 21 heavy (non-hydrogen) atoms. The summed E-state index contributed by atoms with van der Waals surface area (Å²) < 4.78 is 0. The fourth-order valence-corrected chi connectivity index (χ4v) is 3.24. The summed E-state index contributed by atoms with van der Waals surface area (Å²) in [5.74, 6) is 0. The number of benzene rings is 1. The van der Waals surface area contributed by atoms with Crippen molar-refractivity contribution in [3.63, 3.8) is 0 Å². The Hall–Kier alpha value is -1.49. The molecule has 2 heterocycles. The van der Waals surface area contributed by atoms with E-state index in [1.165, 1.54) is 16.3 Å². The van der Waals surface area contributed by atoms with E-state index in [9.17, 15) is 0 Å². The number of nitrogens with zero attached hydrogens (tertiary/aromatic N) is 3. The summed E-state index contributed by atoms with van der Waals surface area (Å²) in [5.41, 5.74) is 7.38. The lowest BCUT2D eigenvalue weighted by Gasteiger charge is -2.41. The van der Waals surface area contributed by atoms with Gasteiger partial charge in [0.1, 0.15) is 0 Å². The van der Waals surface area contributed by atoms with Gasteiger partial charge < -0.3 is 10.6 Å². The van der Waals surface area contributed by atoms with Gasteiger partial charge in [0.15, 0.2) is 0 Å². The maximum atomic E-state index is 6.12. The molecule has 0 saturated carbocycles. The zero-order chi connectivity index (χ0) is 14.8. The van der Waals surface area contributed by atoms with Crippen molar-refractivity contribution in [2.45, 2.75) is 19.0 Å². The third-order valence-corrected chi connectivity index (χ3v) is 4.71. The fraction of sp³-hybridized carbons (Fsp3) is 0.471. The summed E-state index contributed by atoms with van der Waals surface area (Å²) in [5, 5.41) is 2.46. The Kier molecular flexibility index (Phi) is 4.19. The molecule has 4 heteroatoms. The largest absolute Gasteiger partial charge is 0.329 e. The summed E-state index contributed by atoms with van der Waals surface area (Å²) in [6, 6.07) is 9.26. The first-order valence-corrected chi connectivity index (χ1v) is 7.67. The normalized spacial score (nSPS) is 22.5. The van der Waals surface area contributed by atoms with Crippen molar-refractivity contribution in [2.75, 3.05) is 33.2 Å². The lowest BCUT2D eigenvalue weighted by Crippen LogP contribution is -2.52. The lowest BCUT2D eigenvalue weighted by atomic mass is 9.99. The Morgan fingerprint density at radius 2 is 2.10 bits per heavy atom. The minimum absolute atomic E-state index is 0.250. The standard InChI is InChI=1S/C17H24N4/c1-13-12-21(8-7-20(13)2)17(9-18)16-11-19-10-14-5-3-4-6-15(14)16/h3-6,10-11,13,17H,7-9,12,18H2,1-2H3. The van der Waals surface area contributed by atoms with Gasteiger partial charge in [-0.2, -0.15) is 0 Å². The molecule has 1 aliphatic heterocycles. The van der Waals surface area contributed by atoms with Gasteiger partial charge in [-0.25, -0.2) is 0 Å². The smallest absolute Gasteiger partial charge is 0.0493 e. The van der Waals surface area contributed by atoms with Crippen molar-refractivity contribution in [3.8, 4) is 0 Å². The van der Waals surface area contributed by atoms with Crippen LogP contribution in [0.1, 0.15) is 18.5 Å². The molecule has 1 fully saturated rings. The van der Waals surface area contributed by atoms with Gasteiger partial charge in [0.05, 0.1) is 0 Å². The summed E-state index contributed by atoms with van der Waals surface area (Å²) in [4.78, 5) is 9.33. The average Bonchev–Trinajstić information content (AvgIpc) is 2.52. The Labute approximate surface area is 126 Å². The molecule has 0 amide bonds. The number of likely N-dealkylation sites (N-methyl/N-ethyl adjacent to an activating group) is 1. The van der Waals surface area contributed by atoms with Crippen LogP contribution in [0.5, 0.6) is 0 Å². The molecule has 2 aromatic rings. The molecule has 112 valence electrons. The summed E-state index contributed by atoms with van der Waals surface area (Å²) >= 11 is 0. The van der Waals surface area contributed by atoms with Crippen LogP contribution in [0.25, 0.3) is 10.8 Å². The lowest BCUT2D eigenvalue weighted by molar-refractivity contribution is 0.0745. The molecule has 2 unspecified atom stereocenters. The third kappa shape index (κ3) is 2.79. The molecular weight excluding hydrogens is 260 g/mol. The first kappa shape index (κ1) is 14.4. The van der Waals surface area contributed by atoms with E-state index < -0.39 is 0 Å². The van der Waals surface area contributed by atoms with Crippen molar-refractivity contribution in [3.05, 3.63) is 42.2 Å². The van der Waals surface area contributed by atoms with Crippen LogP contribution in [0.3, 0.4) is 0 Å². The fourth-order valence-electron chi connectivity index (χ4n) is 3.24. The number of fused-ring (bicyclic) bond motifs is 1. The minimum Gasteiger partial charge on any atom is -0.329 e. The van der Waals surface area contributed by atoms with Crippen LogP contribution in [0.15, 0.2) is 36.7 Å². The predicted octanol–water partition coefficient (Wildman–Crippen LogP) is 1.87. The number of pyridine rings is 1. The second-order valence-electron chi connectivity index (χ2n) is 6.03. The Balaban J connectivity index is 1.95. The van der Waals surface area contributed by atoms with E-state index in [1.807, 2.05) is 12.4 Å². The number of nitrogens with two attached hydrogens (primary N) is 1. The summed E-state index contributed by atoms with van der Waals surface area (Å²) in [6.45, 7) is 6.12. The molecule has 4 nitrogen and oxygen atoms in total. The van der Waals surface area contributed by atoms with Crippen LogP contribution in [0, 0.1) is 0 Å². The summed E-state index contributed by atoms with van der Waals surface area (Å²) in [7, 11) is 2.19. The van der Waals surface area contributed by atoms with Crippen LogP contribution >= 0.6 is 0 Å². The number of aromatic nitrogens is 1. The Morgan fingerprint density at radius 3 is 2.86 bits per heavy atom. The summed E-state index contributed by atoms with van der Waals surface area (Å²) in [6.07, 6.45) is 3.92. The quantitative estimate of drug-likeness (QED) is 0.934. The molecule has 2 N–H and O–H groups in total. The van der Waals surface area contributed by atoms with Gasteiger partial charge in [-0.05, 0) is 24.9 Å². The third-order valence-electron chi connectivity index (χ3n) is 4.71. The highest BCUT2D eigenvalue weighted by atomic mass is 15.3. The zero-order valence-corrected chi connectivity index (χ0v) is 12.9. The van der Waals surface area contributed by atoms with Crippen LogP contribution in [0.4, 0.5) is 0 Å². The van der Waals surface area contributed by atoms with E-state index in [0.717, 1.165) is 19.6 Å². The van der Waals surface area contributed by atoms with E-state index in [4.69, 9.17) is 5.73 Å². The molecular formula is C17H24N4. The van der Waals surface area contributed by atoms with Crippen LogP contribution in [0.2, 0.25) is 0 Å². The molecule has 1 aromatic carbocycles. The number of hydrogen-bond donors (Lipinski definition) is 1. The number of piperazine rings is 1. The van der Waals surface area contributed by atoms with Crippen molar-refractivity contribution in [2.24, 2.45) is 5.73 Å². The molecule has 0 spiro atoms. The highest BCUT2D eigenvalue weighted by molar-refractivity contribution is 5.85. The maximum Gasteiger partial charge on any atom is 0.0493 e. The zero-order valence-electron chi connectivity index (χ0n) is 12.9. The Morgan fingerprint density at radius 1 is 1.29 bits per heavy atom. The highest BCUT2D eigenvalue weighted by Gasteiger charge is 2.27. The second-order valence-corrected chi connectivity index (χ2v) is 6.03. The van der Waals surface area contributed by atoms with Crippen LogP contribution in [-0.2, 0) is 0 Å². The van der Waals surface area contributed by atoms with Gasteiger partial charge in [-0.3, -0.25) is 9.88 Å². The van der Waals surface area contributed by atoms with Gasteiger partial charge in [-0.1, -0.05) is 24.3 Å². The molecule has 0 radical (unpaired) electrons. The number of rotatable bonds is 3. The van der Waals surface area contributed by atoms with E-state index in [1.54, 1.807) is 0 Å². The van der Waals surface area contributed by atoms with Crippen molar-refractivity contribution in [1.29, 1.82) is 0 Å². The average molecular weight is 284 g/mol. The highest BCUT2D eigenvalue weighted by Crippen LogP contribution is 2.28. The monoisotopic (exact) mass is 284 g/mol. The van der Waals surface area contributed by atoms with E-state index >= 15 is 0 Å².